The van der Waals surface area contributed by atoms with E-state index in [0.29, 0.717) is 25.5 Å². The summed E-state index contributed by atoms with van der Waals surface area (Å²) in [6.45, 7) is 5.43. The molecule has 0 bridgehead atoms. The fourth-order valence-electron chi connectivity index (χ4n) is 2.66. The molecule has 1 fully saturated rings. The van der Waals surface area contributed by atoms with E-state index in [-0.39, 0.29) is 5.91 Å². The Kier molecular flexibility index (Phi) is 6.54. The van der Waals surface area contributed by atoms with Gasteiger partial charge in [0.25, 0.3) is 0 Å². The molecule has 0 spiro atoms. The standard InChI is InChI=1S/C17H26N2O2/c1-2-21-16-6-3-15(4-7-16)13-19-17(20)8-5-14-9-11-18-12-10-14/h3-4,6-7,14,18H,2,5,8-13H2,1H3,(H,19,20). The van der Waals surface area contributed by atoms with Crippen LogP contribution >= 0.6 is 0 Å². The van der Waals surface area contributed by atoms with Gasteiger partial charge in [-0.15, -0.1) is 0 Å². The molecule has 0 saturated carbocycles. The third kappa shape index (κ3) is 5.76. The highest BCUT2D eigenvalue weighted by Crippen LogP contribution is 2.17. The highest BCUT2D eigenvalue weighted by atomic mass is 16.5. The predicted molar refractivity (Wildman–Crippen MR) is 84.3 cm³/mol. The average Bonchev–Trinajstić information content (AvgIpc) is 2.53. The van der Waals surface area contributed by atoms with Gasteiger partial charge in [-0.25, -0.2) is 0 Å². The minimum absolute atomic E-state index is 0.155. The van der Waals surface area contributed by atoms with Gasteiger partial charge in [0.1, 0.15) is 5.75 Å². The number of piperidine rings is 1. The summed E-state index contributed by atoms with van der Waals surface area (Å²) in [7, 11) is 0. The molecule has 1 amide bonds. The van der Waals surface area contributed by atoms with Gasteiger partial charge in [-0.05, 0) is 62.9 Å². The summed E-state index contributed by atoms with van der Waals surface area (Å²) in [5.74, 6) is 1.74. The Hall–Kier alpha value is -1.55. The van der Waals surface area contributed by atoms with E-state index in [1.165, 1.54) is 12.8 Å². The molecule has 0 atom stereocenters. The summed E-state index contributed by atoms with van der Waals surface area (Å²) < 4.78 is 5.40. The molecule has 0 radical (unpaired) electrons. The number of hydrogen-bond donors (Lipinski definition) is 2. The van der Waals surface area contributed by atoms with Crippen molar-refractivity contribution in [3.05, 3.63) is 29.8 Å². The summed E-state index contributed by atoms with van der Waals surface area (Å²) in [5.41, 5.74) is 1.11. The van der Waals surface area contributed by atoms with Gasteiger partial charge < -0.3 is 15.4 Å². The Morgan fingerprint density at radius 3 is 2.67 bits per heavy atom. The zero-order valence-corrected chi connectivity index (χ0v) is 12.9. The van der Waals surface area contributed by atoms with Crippen molar-refractivity contribution in [1.29, 1.82) is 0 Å². The lowest BCUT2D eigenvalue weighted by atomic mass is 9.93. The van der Waals surface area contributed by atoms with Crippen molar-refractivity contribution in [1.82, 2.24) is 10.6 Å². The second-order valence-corrected chi connectivity index (χ2v) is 5.59. The maximum absolute atomic E-state index is 11.9. The molecule has 116 valence electrons. The van der Waals surface area contributed by atoms with Gasteiger partial charge in [-0.1, -0.05) is 12.1 Å². The van der Waals surface area contributed by atoms with E-state index in [1.54, 1.807) is 0 Å². The number of hydrogen-bond acceptors (Lipinski definition) is 3. The van der Waals surface area contributed by atoms with Crippen molar-refractivity contribution in [2.45, 2.75) is 39.2 Å². The molecule has 0 aromatic heterocycles. The van der Waals surface area contributed by atoms with Crippen LogP contribution in [-0.4, -0.2) is 25.6 Å². The first-order valence-corrected chi connectivity index (χ1v) is 7.97. The van der Waals surface area contributed by atoms with Crippen LogP contribution in [0.2, 0.25) is 0 Å². The number of ether oxygens (including phenoxy) is 1. The minimum Gasteiger partial charge on any atom is -0.494 e. The number of carbonyl (C=O) groups excluding carboxylic acids is 1. The van der Waals surface area contributed by atoms with E-state index in [9.17, 15) is 4.79 Å². The van der Waals surface area contributed by atoms with E-state index in [4.69, 9.17) is 4.74 Å². The summed E-state index contributed by atoms with van der Waals surface area (Å²) in [4.78, 5) is 11.9. The Labute approximate surface area is 127 Å². The van der Waals surface area contributed by atoms with Crippen molar-refractivity contribution in [2.24, 2.45) is 5.92 Å². The SMILES string of the molecule is CCOc1ccc(CNC(=O)CCC2CCNCC2)cc1. The number of carbonyl (C=O) groups is 1. The van der Waals surface area contributed by atoms with Crippen LogP contribution in [-0.2, 0) is 11.3 Å². The third-order valence-electron chi connectivity index (χ3n) is 3.96. The van der Waals surface area contributed by atoms with Gasteiger partial charge in [0.05, 0.1) is 6.61 Å². The predicted octanol–water partition coefficient (Wildman–Crippen LogP) is 2.48. The van der Waals surface area contributed by atoms with Crippen LogP contribution < -0.4 is 15.4 Å². The number of amides is 1. The van der Waals surface area contributed by atoms with Crippen LogP contribution in [0.15, 0.2) is 24.3 Å². The Morgan fingerprint density at radius 2 is 2.00 bits per heavy atom. The molecule has 1 heterocycles. The van der Waals surface area contributed by atoms with Crippen molar-refractivity contribution >= 4 is 5.91 Å². The monoisotopic (exact) mass is 290 g/mol. The smallest absolute Gasteiger partial charge is 0.220 e. The van der Waals surface area contributed by atoms with E-state index in [2.05, 4.69) is 10.6 Å². The zero-order valence-electron chi connectivity index (χ0n) is 12.9. The summed E-state index contributed by atoms with van der Waals surface area (Å²) in [6, 6.07) is 7.89. The first-order valence-electron chi connectivity index (χ1n) is 7.97. The second-order valence-electron chi connectivity index (χ2n) is 5.59. The molecule has 1 aromatic rings. The molecule has 0 unspecified atom stereocenters. The molecule has 2 rings (SSSR count). The Balaban J connectivity index is 1.65. The summed E-state index contributed by atoms with van der Waals surface area (Å²) in [6.07, 6.45) is 4.05. The van der Waals surface area contributed by atoms with Crippen LogP contribution in [0.5, 0.6) is 5.75 Å². The minimum atomic E-state index is 0.155. The molecular weight excluding hydrogens is 264 g/mol. The molecule has 1 saturated heterocycles. The van der Waals surface area contributed by atoms with Gasteiger partial charge >= 0.3 is 0 Å². The molecule has 1 aromatic carbocycles. The van der Waals surface area contributed by atoms with Gasteiger partial charge in [0, 0.05) is 13.0 Å². The van der Waals surface area contributed by atoms with Crippen LogP contribution in [0.4, 0.5) is 0 Å². The topological polar surface area (TPSA) is 50.4 Å². The average molecular weight is 290 g/mol. The second kappa shape index (κ2) is 8.67. The molecule has 1 aliphatic rings. The van der Waals surface area contributed by atoms with E-state index in [0.717, 1.165) is 30.8 Å². The number of benzene rings is 1. The van der Waals surface area contributed by atoms with Crippen molar-refractivity contribution in [3.63, 3.8) is 0 Å². The van der Waals surface area contributed by atoms with Gasteiger partial charge in [0.15, 0.2) is 0 Å². The number of nitrogens with one attached hydrogen (secondary N) is 2. The number of rotatable bonds is 7. The third-order valence-corrected chi connectivity index (χ3v) is 3.96. The largest absolute Gasteiger partial charge is 0.494 e. The summed E-state index contributed by atoms with van der Waals surface area (Å²) >= 11 is 0. The van der Waals surface area contributed by atoms with Crippen LogP contribution in [0, 0.1) is 5.92 Å². The lowest BCUT2D eigenvalue weighted by Gasteiger charge is -2.22. The Bertz CT molecular complexity index is 425. The normalized spacial score (nSPS) is 15.7. The molecule has 4 nitrogen and oxygen atoms in total. The fraction of sp³-hybridized carbons (Fsp3) is 0.588. The van der Waals surface area contributed by atoms with Gasteiger partial charge in [-0.3, -0.25) is 4.79 Å². The first-order chi connectivity index (χ1) is 10.3. The van der Waals surface area contributed by atoms with Crippen LogP contribution in [0.1, 0.15) is 38.2 Å². The highest BCUT2D eigenvalue weighted by Gasteiger charge is 2.14. The van der Waals surface area contributed by atoms with Gasteiger partial charge in [0.2, 0.25) is 5.91 Å². The molecule has 0 aliphatic carbocycles. The van der Waals surface area contributed by atoms with Crippen molar-refractivity contribution < 1.29 is 9.53 Å². The van der Waals surface area contributed by atoms with Gasteiger partial charge in [-0.2, -0.15) is 0 Å². The molecule has 1 aliphatic heterocycles. The van der Waals surface area contributed by atoms with Crippen molar-refractivity contribution in [2.75, 3.05) is 19.7 Å². The van der Waals surface area contributed by atoms with E-state index < -0.39 is 0 Å². The lowest BCUT2D eigenvalue weighted by molar-refractivity contribution is -0.121. The lowest BCUT2D eigenvalue weighted by Crippen LogP contribution is -2.29. The maximum Gasteiger partial charge on any atom is 0.220 e. The molecule has 4 heteroatoms. The Morgan fingerprint density at radius 1 is 1.29 bits per heavy atom. The van der Waals surface area contributed by atoms with E-state index >= 15 is 0 Å². The summed E-state index contributed by atoms with van der Waals surface area (Å²) in [5, 5.41) is 6.35. The molecule has 2 N–H and O–H groups in total. The van der Waals surface area contributed by atoms with Crippen LogP contribution in [0.25, 0.3) is 0 Å². The fourth-order valence-corrected chi connectivity index (χ4v) is 2.66. The highest BCUT2D eigenvalue weighted by molar-refractivity contribution is 5.75. The zero-order chi connectivity index (χ0) is 14.9. The first kappa shape index (κ1) is 15.8. The van der Waals surface area contributed by atoms with E-state index in [1.807, 2.05) is 31.2 Å². The van der Waals surface area contributed by atoms with Crippen molar-refractivity contribution in [3.8, 4) is 5.75 Å². The van der Waals surface area contributed by atoms with Crippen LogP contribution in [0.3, 0.4) is 0 Å². The quantitative estimate of drug-likeness (QED) is 0.811. The molecular formula is C17H26N2O2. The molecule has 21 heavy (non-hydrogen) atoms. The maximum atomic E-state index is 11.9.